The number of carbonyl (C=O) groups is 2. The molecule has 0 aliphatic rings. The molecule has 0 aliphatic heterocycles. The maximum atomic E-state index is 11.5. The fourth-order valence-corrected chi connectivity index (χ4v) is 1.52. The summed E-state index contributed by atoms with van der Waals surface area (Å²) in [6.07, 6.45) is 4.52. The molecule has 116 valence electrons. The summed E-state index contributed by atoms with van der Waals surface area (Å²) < 4.78 is 9.47. The van der Waals surface area contributed by atoms with Crippen LogP contribution in [-0.4, -0.2) is 43.4 Å². The maximum absolute atomic E-state index is 11.5. The van der Waals surface area contributed by atoms with Crippen LogP contribution in [0.1, 0.15) is 23.0 Å². The lowest BCUT2D eigenvalue weighted by atomic mass is 10.1. The van der Waals surface area contributed by atoms with E-state index in [4.69, 9.17) is 4.74 Å². The predicted molar refractivity (Wildman–Crippen MR) is 83.7 cm³/mol. The molecule has 6 nitrogen and oxygen atoms in total. The van der Waals surface area contributed by atoms with E-state index in [0.29, 0.717) is 23.4 Å². The Hall–Kier alpha value is -2.76. The van der Waals surface area contributed by atoms with E-state index in [0.717, 1.165) is 0 Å². The number of allylic oxidation sites excluding steroid dienone is 2. The number of methoxy groups -OCH3 is 1. The molecule has 0 spiro atoms. The summed E-state index contributed by atoms with van der Waals surface area (Å²) in [5.41, 5.74) is 1.68. The maximum Gasteiger partial charge on any atom is 0.356 e. The Balaban J connectivity index is 2.82. The summed E-state index contributed by atoms with van der Waals surface area (Å²) in [7, 11) is 2.78. The van der Waals surface area contributed by atoms with Crippen LogP contribution in [0.5, 0.6) is 0 Å². The normalized spacial score (nSPS) is 11.3. The van der Waals surface area contributed by atoms with Gasteiger partial charge in [-0.1, -0.05) is 12.7 Å². The van der Waals surface area contributed by atoms with Crippen molar-refractivity contribution in [1.29, 1.82) is 0 Å². The van der Waals surface area contributed by atoms with Crippen LogP contribution in [-0.2, 0) is 14.3 Å². The molecule has 22 heavy (non-hydrogen) atoms. The van der Waals surface area contributed by atoms with Crippen molar-refractivity contribution in [1.82, 2.24) is 4.98 Å². The molecule has 0 aromatic carbocycles. The highest BCUT2D eigenvalue weighted by Crippen LogP contribution is 2.12. The molecule has 6 heteroatoms. The smallest absolute Gasteiger partial charge is 0.356 e. The number of ether oxygens (including phenoxy) is 2. The second kappa shape index (κ2) is 8.51. The lowest BCUT2D eigenvalue weighted by molar-refractivity contribution is -0.132. The van der Waals surface area contributed by atoms with Gasteiger partial charge >= 0.3 is 11.9 Å². The Morgan fingerprint density at radius 2 is 2.09 bits per heavy atom. The zero-order chi connectivity index (χ0) is 16.5. The van der Waals surface area contributed by atoms with Crippen molar-refractivity contribution in [3.8, 4) is 0 Å². The monoisotopic (exact) mass is 302 g/mol. The Labute approximate surface area is 129 Å². The molecule has 0 unspecified atom stereocenters. The number of carbonyl (C=O) groups excluding carboxylic acids is 2. The minimum absolute atomic E-state index is 0.173. The first-order valence-corrected chi connectivity index (χ1v) is 6.59. The third-order valence-electron chi connectivity index (χ3n) is 2.68. The number of aromatic nitrogens is 1. The van der Waals surface area contributed by atoms with Gasteiger partial charge < -0.3 is 9.47 Å². The van der Waals surface area contributed by atoms with Gasteiger partial charge in [-0.3, -0.25) is 9.98 Å². The zero-order valence-electron chi connectivity index (χ0n) is 12.8. The fraction of sp³-hybridized carbons (Fsp3) is 0.250. The van der Waals surface area contributed by atoms with E-state index in [9.17, 15) is 9.59 Å². The molecule has 0 aliphatic carbocycles. The Morgan fingerprint density at radius 1 is 1.36 bits per heavy atom. The van der Waals surface area contributed by atoms with E-state index < -0.39 is 11.9 Å². The van der Waals surface area contributed by atoms with Crippen LogP contribution in [0.2, 0.25) is 0 Å². The first-order chi connectivity index (χ1) is 10.5. The number of nitrogens with zero attached hydrogens (tertiary/aromatic N) is 2. The molecule has 0 radical (unpaired) electrons. The van der Waals surface area contributed by atoms with Crippen LogP contribution >= 0.6 is 0 Å². The van der Waals surface area contributed by atoms with Crippen molar-refractivity contribution >= 4 is 23.2 Å². The largest absolute Gasteiger partial charge is 0.464 e. The van der Waals surface area contributed by atoms with Gasteiger partial charge in [-0.15, -0.1) is 0 Å². The van der Waals surface area contributed by atoms with Crippen molar-refractivity contribution < 1.29 is 19.1 Å². The van der Waals surface area contributed by atoms with E-state index in [1.54, 1.807) is 25.1 Å². The van der Waals surface area contributed by atoms with E-state index in [1.807, 2.05) is 0 Å². The Bertz CT molecular complexity index is 616. The van der Waals surface area contributed by atoms with Gasteiger partial charge in [-0.2, -0.15) is 0 Å². The third-order valence-corrected chi connectivity index (χ3v) is 2.68. The van der Waals surface area contributed by atoms with E-state index in [1.165, 1.54) is 26.4 Å². The first-order valence-electron chi connectivity index (χ1n) is 6.59. The first kappa shape index (κ1) is 17.3. The molecule has 1 rings (SSSR count). The van der Waals surface area contributed by atoms with Gasteiger partial charge in [0.25, 0.3) is 0 Å². The molecule has 1 aromatic rings. The predicted octanol–water partition coefficient (Wildman–Crippen LogP) is 2.07. The number of hydrogen-bond acceptors (Lipinski definition) is 6. The molecule has 0 bridgehead atoms. The van der Waals surface area contributed by atoms with Gasteiger partial charge in [-0.05, 0) is 30.7 Å². The van der Waals surface area contributed by atoms with Crippen LogP contribution in [0.4, 0.5) is 0 Å². The second-order valence-corrected chi connectivity index (χ2v) is 4.11. The van der Waals surface area contributed by atoms with Gasteiger partial charge in [0.1, 0.15) is 5.71 Å². The fourth-order valence-electron chi connectivity index (χ4n) is 1.52. The molecule has 0 amide bonds. The summed E-state index contributed by atoms with van der Waals surface area (Å²) >= 11 is 0. The molecule has 0 N–H and O–H groups in total. The minimum atomic E-state index is -0.530. The van der Waals surface area contributed by atoms with E-state index in [2.05, 4.69) is 21.3 Å². The highest BCUT2D eigenvalue weighted by Gasteiger charge is 2.08. The van der Waals surface area contributed by atoms with Gasteiger partial charge in [-0.25, -0.2) is 9.59 Å². The quantitative estimate of drug-likeness (QED) is 0.456. The third kappa shape index (κ3) is 4.66. The van der Waals surface area contributed by atoms with Crippen LogP contribution in [0.15, 0.2) is 42.1 Å². The van der Waals surface area contributed by atoms with Gasteiger partial charge in [0.05, 0.1) is 25.0 Å². The lowest BCUT2D eigenvalue weighted by Gasteiger charge is -2.03. The molecular weight excluding hydrogens is 284 g/mol. The van der Waals surface area contributed by atoms with Crippen LogP contribution in [0.3, 0.4) is 0 Å². The van der Waals surface area contributed by atoms with Crippen LogP contribution in [0, 0.1) is 0 Å². The van der Waals surface area contributed by atoms with Crippen molar-refractivity contribution in [2.75, 3.05) is 20.8 Å². The van der Waals surface area contributed by atoms with Crippen LogP contribution < -0.4 is 0 Å². The number of esters is 2. The van der Waals surface area contributed by atoms with Gasteiger partial charge in [0.2, 0.25) is 0 Å². The summed E-state index contributed by atoms with van der Waals surface area (Å²) in [5.74, 6) is -0.953. The highest BCUT2D eigenvalue weighted by molar-refractivity contribution is 6.41. The van der Waals surface area contributed by atoms with Crippen molar-refractivity contribution in [3.63, 3.8) is 0 Å². The van der Waals surface area contributed by atoms with Gasteiger partial charge in [0, 0.05) is 13.2 Å². The number of pyridine rings is 1. The van der Waals surface area contributed by atoms with Crippen LogP contribution in [0.25, 0.3) is 5.57 Å². The molecule has 1 heterocycles. The minimum Gasteiger partial charge on any atom is -0.464 e. The molecule has 0 saturated heterocycles. The number of hydrogen-bond donors (Lipinski definition) is 0. The summed E-state index contributed by atoms with van der Waals surface area (Å²) in [6.45, 7) is 5.90. The van der Waals surface area contributed by atoms with Crippen molar-refractivity contribution in [3.05, 3.63) is 48.3 Å². The zero-order valence-corrected chi connectivity index (χ0v) is 12.8. The van der Waals surface area contributed by atoms with E-state index >= 15 is 0 Å². The van der Waals surface area contributed by atoms with E-state index in [-0.39, 0.29) is 5.71 Å². The highest BCUT2D eigenvalue weighted by atomic mass is 16.5. The molecular formula is C16H18N2O4. The molecule has 0 atom stereocenters. The summed E-state index contributed by atoms with van der Waals surface area (Å²) in [6, 6.07) is 3.26. The Kier molecular flexibility index (Phi) is 6.69. The number of rotatable bonds is 6. The number of aliphatic imine (C=N–C) groups is 1. The van der Waals surface area contributed by atoms with Crippen molar-refractivity contribution in [2.45, 2.75) is 6.92 Å². The molecule has 0 fully saturated rings. The Morgan fingerprint density at radius 3 is 2.59 bits per heavy atom. The van der Waals surface area contributed by atoms with Gasteiger partial charge in [0.15, 0.2) is 0 Å². The second-order valence-electron chi connectivity index (χ2n) is 4.11. The molecule has 0 saturated carbocycles. The lowest BCUT2D eigenvalue weighted by Crippen LogP contribution is -2.13. The topological polar surface area (TPSA) is 77.8 Å². The molecule has 1 aromatic heterocycles. The summed E-state index contributed by atoms with van der Waals surface area (Å²) in [4.78, 5) is 30.9. The van der Waals surface area contributed by atoms with Crippen molar-refractivity contribution in [2.24, 2.45) is 4.99 Å². The SMILES string of the molecule is C=C(/C=C\C(=N/C)C(=O)OC)c1ccc(C(=O)OCC)cn1. The average Bonchev–Trinajstić information content (AvgIpc) is 2.55. The summed E-state index contributed by atoms with van der Waals surface area (Å²) in [5, 5.41) is 0. The standard InChI is InChI=1S/C16H18N2O4/c1-5-22-15(19)12-7-9-13(18-10-12)11(2)6-8-14(17-3)16(20)21-4/h6-10H,2,5H2,1,3-4H3/b8-6-,17-14+. The average molecular weight is 302 g/mol.